The van der Waals surface area contributed by atoms with E-state index < -0.39 is 0 Å². The molecule has 4 nitrogen and oxygen atoms in total. The number of hydrogen-bond acceptors (Lipinski definition) is 4. The zero-order valence-corrected chi connectivity index (χ0v) is 9.78. The van der Waals surface area contributed by atoms with Crippen LogP contribution in [0.15, 0.2) is 10.6 Å². The van der Waals surface area contributed by atoms with E-state index in [1.807, 2.05) is 13.0 Å². The van der Waals surface area contributed by atoms with Crippen LogP contribution in [-0.4, -0.2) is 35.2 Å². The first kappa shape index (κ1) is 10.3. The van der Waals surface area contributed by atoms with E-state index >= 15 is 0 Å². The highest BCUT2D eigenvalue weighted by Crippen LogP contribution is 2.29. The Morgan fingerprint density at radius 2 is 2.38 bits per heavy atom. The SMILES string of the molecule is Cc1cc(CNC2CCN(C3CC3)C2)no1. The first-order valence-corrected chi connectivity index (χ1v) is 6.21. The second-order valence-corrected chi connectivity index (χ2v) is 5.02. The molecule has 1 aliphatic heterocycles. The van der Waals surface area contributed by atoms with E-state index in [0.717, 1.165) is 24.0 Å². The number of likely N-dealkylation sites (tertiary alicyclic amines) is 1. The summed E-state index contributed by atoms with van der Waals surface area (Å²) in [5.41, 5.74) is 1.02. The molecular weight excluding hydrogens is 202 g/mol. The van der Waals surface area contributed by atoms with Gasteiger partial charge in [0.05, 0.1) is 5.69 Å². The Kier molecular flexibility index (Phi) is 2.69. The van der Waals surface area contributed by atoms with Gasteiger partial charge in [-0.25, -0.2) is 0 Å². The standard InChI is InChI=1S/C12H19N3O/c1-9-6-11(14-16-9)7-13-10-4-5-15(8-10)12-2-3-12/h6,10,12-13H,2-5,7-8H2,1H3. The fourth-order valence-corrected chi connectivity index (χ4v) is 2.48. The van der Waals surface area contributed by atoms with Gasteiger partial charge in [0.25, 0.3) is 0 Å². The van der Waals surface area contributed by atoms with Crippen LogP contribution in [0.1, 0.15) is 30.7 Å². The van der Waals surface area contributed by atoms with Crippen molar-refractivity contribution in [1.29, 1.82) is 0 Å². The van der Waals surface area contributed by atoms with Gasteiger partial charge in [-0.15, -0.1) is 0 Å². The van der Waals surface area contributed by atoms with E-state index in [1.54, 1.807) is 0 Å². The Morgan fingerprint density at radius 3 is 3.06 bits per heavy atom. The van der Waals surface area contributed by atoms with Crippen LogP contribution in [0.4, 0.5) is 0 Å². The molecule has 0 bridgehead atoms. The summed E-state index contributed by atoms with van der Waals surface area (Å²) in [5, 5.41) is 7.55. The van der Waals surface area contributed by atoms with Crippen LogP contribution < -0.4 is 5.32 Å². The average Bonchev–Trinajstić information content (AvgIpc) is 2.87. The van der Waals surface area contributed by atoms with Gasteiger partial charge in [-0.2, -0.15) is 0 Å². The van der Waals surface area contributed by atoms with Gasteiger partial charge < -0.3 is 9.84 Å². The zero-order chi connectivity index (χ0) is 11.0. The Balaban J connectivity index is 1.45. The smallest absolute Gasteiger partial charge is 0.133 e. The summed E-state index contributed by atoms with van der Waals surface area (Å²) >= 11 is 0. The monoisotopic (exact) mass is 221 g/mol. The highest BCUT2D eigenvalue weighted by Gasteiger charge is 2.34. The lowest BCUT2D eigenvalue weighted by Crippen LogP contribution is -2.32. The van der Waals surface area contributed by atoms with E-state index in [9.17, 15) is 0 Å². The Morgan fingerprint density at radius 1 is 1.50 bits per heavy atom. The summed E-state index contributed by atoms with van der Waals surface area (Å²) in [6.07, 6.45) is 4.09. The van der Waals surface area contributed by atoms with Crippen molar-refractivity contribution in [3.63, 3.8) is 0 Å². The topological polar surface area (TPSA) is 41.3 Å². The molecular formula is C12H19N3O. The molecule has 88 valence electrons. The summed E-state index contributed by atoms with van der Waals surface area (Å²) in [6, 6.07) is 3.54. The molecule has 1 N–H and O–H groups in total. The first-order chi connectivity index (χ1) is 7.81. The first-order valence-electron chi connectivity index (χ1n) is 6.21. The lowest BCUT2D eigenvalue weighted by atomic mass is 10.2. The third kappa shape index (κ3) is 2.28. The van der Waals surface area contributed by atoms with Crippen molar-refractivity contribution in [1.82, 2.24) is 15.4 Å². The maximum atomic E-state index is 5.05. The predicted octanol–water partition coefficient (Wildman–Crippen LogP) is 1.31. The maximum absolute atomic E-state index is 5.05. The molecule has 2 heterocycles. The molecule has 0 radical (unpaired) electrons. The molecule has 3 rings (SSSR count). The van der Waals surface area contributed by atoms with Crippen LogP contribution in [-0.2, 0) is 6.54 Å². The van der Waals surface area contributed by atoms with E-state index in [1.165, 1.54) is 32.4 Å². The number of rotatable bonds is 4. The molecule has 2 fully saturated rings. The second kappa shape index (κ2) is 4.18. The highest BCUT2D eigenvalue weighted by molar-refractivity contribution is 5.03. The fourth-order valence-electron chi connectivity index (χ4n) is 2.48. The molecule has 1 aliphatic carbocycles. The normalized spacial score (nSPS) is 26.4. The minimum absolute atomic E-state index is 0.637. The predicted molar refractivity (Wildman–Crippen MR) is 61.1 cm³/mol. The molecule has 0 amide bonds. The Hall–Kier alpha value is -0.870. The molecule has 16 heavy (non-hydrogen) atoms. The number of aromatic nitrogens is 1. The minimum Gasteiger partial charge on any atom is -0.361 e. The minimum atomic E-state index is 0.637. The number of nitrogens with one attached hydrogen (secondary N) is 1. The van der Waals surface area contributed by atoms with Crippen LogP contribution in [0.5, 0.6) is 0 Å². The maximum Gasteiger partial charge on any atom is 0.133 e. The summed E-state index contributed by atoms with van der Waals surface area (Å²) in [6.45, 7) is 5.24. The van der Waals surface area contributed by atoms with Gasteiger partial charge in [-0.1, -0.05) is 5.16 Å². The number of hydrogen-bond donors (Lipinski definition) is 1. The summed E-state index contributed by atoms with van der Waals surface area (Å²) in [4.78, 5) is 2.62. The molecule has 2 aliphatic rings. The summed E-state index contributed by atoms with van der Waals surface area (Å²) < 4.78 is 5.05. The van der Waals surface area contributed by atoms with Crippen molar-refractivity contribution in [3.05, 3.63) is 17.5 Å². The van der Waals surface area contributed by atoms with Crippen LogP contribution in [0.25, 0.3) is 0 Å². The van der Waals surface area contributed by atoms with E-state index in [-0.39, 0.29) is 0 Å². The van der Waals surface area contributed by atoms with Crippen LogP contribution in [0.2, 0.25) is 0 Å². The van der Waals surface area contributed by atoms with E-state index in [0.29, 0.717) is 6.04 Å². The van der Waals surface area contributed by atoms with Gasteiger partial charge in [0, 0.05) is 37.8 Å². The van der Waals surface area contributed by atoms with Gasteiger partial charge in [0.1, 0.15) is 5.76 Å². The molecule has 1 saturated carbocycles. The Bertz CT molecular complexity index is 359. The average molecular weight is 221 g/mol. The molecule has 1 aromatic rings. The molecule has 1 atom stereocenters. The van der Waals surface area contributed by atoms with Crippen molar-refractivity contribution >= 4 is 0 Å². The lowest BCUT2D eigenvalue weighted by Gasteiger charge is -2.15. The van der Waals surface area contributed by atoms with Gasteiger partial charge in [0.2, 0.25) is 0 Å². The third-order valence-electron chi connectivity index (χ3n) is 3.53. The van der Waals surface area contributed by atoms with E-state index in [4.69, 9.17) is 4.52 Å². The zero-order valence-electron chi connectivity index (χ0n) is 9.78. The van der Waals surface area contributed by atoms with Gasteiger partial charge in [0.15, 0.2) is 0 Å². The van der Waals surface area contributed by atoms with Crippen LogP contribution >= 0.6 is 0 Å². The quantitative estimate of drug-likeness (QED) is 0.832. The number of nitrogens with zero attached hydrogens (tertiary/aromatic N) is 2. The lowest BCUT2D eigenvalue weighted by molar-refractivity contribution is 0.316. The molecule has 4 heteroatoms. The third-order valence-corrected chi connectivity index (χ3v) is 3.53. The number of aryl methyl sites for hydroxylation is 1. The van der Waals surface area contributed by atoms with E-state index in [2.05, 4.69) is 15.4 Å². The van der Waals surface area contributed by atoms with Crippen LogP contribution in [0, 0.1) is 6.92 Å². The summed E-state index contributed by atoms with van der Waals surface area (Å²) in [5.74, 6) is 0.892. The molecule has 0 spiro atoms. The van der Waals surface area contributed by atoms with Crippen molar-refractivity contribution in [2.24, 2.45) is 0 Å². The Labute approximate surface area is 96.0 Å². The van der Waals surface area contributed by atoms with Crippen molar-refractivity contribution in [2.75, 3.05) is 13.1 Å². The van der Waals surface area contributed by atoms with Gasteiger partial charge >= 0.3 is 0 Å². The molecule has 1 aromatic heterocycles. The van der Waals surface area contributed by atoms with Gasteiger partial charge in [-0.3, -0.25) is 4.90 Å². The highest BCUT2D eigenvalue weighted by atomic mass is 16.5. The van der Waals surface area contributed by atoms with Gasteiger partial charge in [-0.05, 0) is 26.2 Å². The molecule has 0 aromatic carbocycles. The van der Waals surface area contributed by atoms with Crippen molar-refractivity contribution in [3.8, 4) is 0 Å². The largest absolute Gasteiger partial charge is 0.361 e. The summed E-state index contributed by atoms with van der Waals surface area (Å²) in [7, 11) is 0. The van der Waals surface area contributed by atoms with Crippen molar-refractivity contribution in [2.45, 2.75) is 44.8 Å². The molecule has 1 unspecified atom stereocenters. The van der Waals surface area contributed by atoms with Crippen molar-refractivity contribution < 1.29 is 4.52 Å². The fraction of sp³-hybridized carbons (Fsp3) is 0.750. The second-order valence-electron chi connectivity index (χ2n) is 5.02. The molecule has 1 saturated heterocycles. The van der Waals surface area contributed by atoms with Crippen LogP contribution in [0.3, 0.4) is 0 Å².